The van der Waals surface area contributed by atoms with E-state index in [1.807, 2.05) is 6.07 Å². The highest BCUT2D eigenvalue weighted by molar-refractivity contribution is 7.22. The molecule has 18 heavy (non-hydrogen) atoms. The summed E-state index contributed by atoms with van der Waals surface area (Å²) in [6.07, 6.45) is 1.29. The standard InChI is InChI=1S/C12H8N2O3S/c15-7-1-2-9-6(3-7)4-10(18-9)11-8(12(16)17)5-13-14-11/h1-5,15H,(H,13,14)(H,16,17). The minimum atomic E-state index is -1.01. The molecule has 3 rings (SSSR count). The number of hydrogen-bond donors (Lipinski definition) is 3. The van der Waals surface area contributed by atoms with Gasteiger partial charge in [0.05, 0.1) is 16.8 Å². The smallest absolute Gasteiger partial charge is 0.339 e. The van der Waals surface area contributed by atoms with Crippen LogP contribution in [0.1, 0.15) is 10.4 Å². The zero-order chi connectivity index (χ0) is 12.7. The molecular formula is C12H8N2O3S. The van der Waals surface area contributed by atoms with E-state index in [4.69, 9.17) is 5.11 Å². The maximum atomic E-state index is 11.0. The maximum absolute atomic E-state index is 11.0. The second-order valence-corrected chi connectivity index (χ2v) is 4.88. The molecule has 0 radical (unpaired) electrons. The summed E-state index contributed by atoms with van der Waals surface area (Å²) in [4.78, 5) is 11.8. The Morgan fingerprint density at radius 2 is 2.17 bits per heavy atom. The third-order valence-electron chi connectivity index (χ3n) is 2.62. The van der Waals surface area contributed by atoms with E-state index in [9.17, 15) is 9.90 Å². The van der Waals surface area contributed by atoms with E-state index in [0.717, 1.165) is 15.0 Å². The molecule has 0 atom stereocenters. The molecule has 1 aromatic carbocycles. The number of benzene rings is 1. The summed E-state index contributed by atoms with van der Waals surface area (Å²) < 4.78 is 0.980. The van der Waals surface area contributed by atoms with Crippen molar-refractivity contribution in [2.45, 2.75) is 0 Å². The number of aromatic hydroxyl groups is 1. The molecular weight excluding hydrogens is 252 g/mol. The van der Waals surface area contributed by atoms with E-state index in [1.54, 1.807) is 18.2 Å². The fourth-order valence-corrected chi connectivity index (χ4v) is 2.84. The van der Waals surface area contributed by atoms with Gasteiger partial charge in [-0.25, -0.2) is 4.79 Å². The summed E-state index contributed by atoms with van der Waals surface area (Å²) in [6.45, 7) is 0. The number of hydrogen-bond acceptors (Lipinski definition) is 4. The topological polar surface area (TPSA) is 86.2 Å². The minimum absolute atomic E-state index is 0.144. The third-order valence-corrected chi connectivity index (χ3v) is 3.75. The van der Waals surface area contributed by atoms with Crippen LogP contribution in [0.2, 0.25) is 0 Å². The number of carboxylic acids is 1. The van der Waals surface area contributed by atoms with E-state index in [0.29, 0.717) is 5.69 Å². The van der Waals surface area contributed by atoms with Crippen molar-refractivity contribution in [3.8, 4) is 16.3 Å². The number of phenolic OH excluding ortho intramolecular Hbond substituents is 1. The predicted octanol–water partition coefficient (Wildman–Crippen LogP) is 2.70. The first-order valence-corrected chi connectivity index (χ1v) is 5.96. The highest BCUT2D eigenvalue weighted by atomic mass is 32.1. The van der Waals surface area contributed by atoms with Crippen LogP contribution in [0.3, 0.4) is 0 Å². The number of H-pyrrole nitrogens is 1. The van der Waals surface area contributed by atoms with Gasteiger partial charge in [-0.2, -0.15) is 5.10 Å². The van der Waals surface area contributed by atoms with Gasteiger partial charge in [-0.3, -0.25) is 5.10 Å². The van der Waals surface area contributed by atoms with Gasteiger partial charge in [0.2, 0.25) is 0 Å². The van der Waals surface area contributed by atoms with Gasteiger partial charge in [-0.1, -0.05) is 0 Å². The molecule has 0 aliphatic heterocycles. The van der Waals surface area contributed by atoms with Crippen LogP contribution in [0, 0.1) is 0 Å². The average Bonchev–Trinajstić information content (AvgIpc) is 2.93. The second kappa shape index (κ2) is 3.85. The third kappa shape index (κ3) is 1.63. The molecule has 0 aliphatic carbocycles. The van der Waals surface area contributed by atoms with E-state index in [2.05, 4.69) is 10.2 Å². The van der Waals surface area contributed by atoms with E-state index >= 15 is 0 Å². The molecule has 0 unspecified atom stereocenters. The van der Waals surface area contributed by atoms with E-state index in [1.165, 1.54) is 17.5 Å². The molecule has 2 heterocycles. The first-order valence-electron chi connectivity index (χ1n) is 5.15. The Kier molecular flexibility index (Phi) is 2.31. The quantitative estimate of drug-likeness (QED) is 0.661. The lowest BCUT2D eigenvalue weighted by Gasteiger charge is -1.93. The van der Waals surface area contributed by atoms with Crippen LogP contribution < -0.4 is 0 Å². The van der Waals surface area contributed by atoms with Gasteiger partial charge in [-0.15, -0.1) is 11.3 Å². The average molecular weight is 260 g/mol. The predicted molar refractivity (Wildman–Crippen MR) is 68.0 cm³/mol. The van der Waals surface area contributed by atoms with Crippen molar-refractivity contribution in [2.24, 2.45) is 0 Å². The van der Waals surface area contributed by atoms with Crippen molar-refractivity contribution in [1.82, 2.24) is 10.2 Å². The second-order valence-electron chi connectivity index (χ2n) is 3.80. The lowest BCUT2D eigenvalue weighted by molar-refractivity contribution is 0.0698. The molecule has 0 spiro atoms. The van der Waals surface area contributed by atoms with Crippen molar-refractivity contribution in [2.75, 3.05) is 0 Å². The highest BCUT2D eigenvalue weighted by Gasteiger charge is 2.16. The van der Waals surface area contributed by atoms with Gasteiger partial charge in [0.1, 0.15) is 11.3 Å². The Bertz CT molecular complexity index is 745. The minimum Gasteiger partial charge on any atom is -0.508 e. The SMILES string of the molecule is O=C(O)c1cn[nH]c1-c1cc2cc(O)ccc2s1. The Morgan fingerprint density at radius 3 is 2.94 bits per heavy atom. The summed E-state index contributed by atoms with van der Waals surface area (Å²) in [6, 6.07) is 6.88. The number of aromatic carboxylic acids is 1. The lowest BCUT2D eigenvalue weighted by Crippen LogP contribution is -1.95. The van der Waals surface area contributed by atoms with Gasteiger partial charge in [-0.05, 0) is 29.7 Å². The first kappa shape index (κ1) is 10.8. The van der Waals surface area contributed by atoms with Crippen LogP contribution in [0.4, 0.5) is 0 Å². The number of fused-ring (bicyclic) bond motifs is 1. The molecule has 0 aliphatic rings. The van der Waals surface area contributed by atoms with Gasteiger partial charge >= 0.3 is 5.97 Å². The molecule has 5 nitrogen and oxygen atoms in total. The monoisotopic (exact) mass is 260 g/mol. The zero-order valence-electron chi connectivity index (χ0n) is 9.04. The van der Waals surface area contributed by atoms with Gasteiger partial charge in [0.15, 0.2) is 0 Å². The Morgan fingerprint density at radius 1 is 1.33 bits per heavy atom. The van der Waals surface area contributed by atoms with Crippen LogP contribution in [0.15, 0.2) is 30.5 Å². The summed E-state index contributed by atoms with van der Waals surface area (Å²) in [5.41, 5.74) is 0.633. The highest BCUT2D eigenvalue weighted by Crippen LogP contribution is 2.35. The van der Waals surface area contributed by atoms with Crippen molar-refractivity contribution in [3.05, 3.63) is 36.0 Å². The first-order chi connectivity index (χ1) is 8.65. The number of phenols is 1. The van der Waals surface area contributed by atoms with Crippen molar-refractivity contribution >= 4 is 27.4 Å². The van der Waals surface area contributed by atoms with Crippen molar-refractivity contribution < 1.29 is 15.0 Å². The molecule has 0 saturated heterocycles. The molecule has 0 fully saturated rings. The maximum Gasteiger partial charge on any atom is 0.339 e. The van der Waals surface area contributed by atoms with Gasteiger partial charge in [0, 0.05) is 4.70 Å². The lowest BCUT2D eigenvalue weighted by atomic mass is 10.2. The molecule has 0 amide bonds. The molecule has 6 heteroatoms. The number of carbonyl (C=O) groups is 1. The number of rotatable bonds is 2. The van der Waals surface area contributed by atoms with E-state index in [-0.39, 0.29) is 11.3 Å². The molecule has 2 aromatic heterocycles. The van der Waals surface area contributed by atoms with Crippen LogP contribution in [0.5, 0.6) is 5.75 Å². The molecule has 3 aromatic rings. The van der Waals surface area contributed by atoms with Crippen LogP contribution >= 0.6 is 11.3 Å². The van der Waals surface area contributed by atoms with Crippen molar-refractivity contribution in [3.63, 3.8) is 0 Å². The van der Waals surface area contributed by atoms with Crippen LogP contribution in [-0.4, -0.2) is 26.4 Å². The summed E-state index contributed by atoms with van der Waals surface area (Å²) in [7, 11) is 0. The molecule has 0 bridgehead atoms. The fraction of sp³-hybridized carbons (Fsp3) is 0. The largest absolute Gasteiger partial charge is 0.508 e. The summed E-state index contributed by atoms with van der Waals surface area (Å²) in [5.74, 6) is -0.825. The Labute approximate surface area is 105 Å². The molecule has 90 valence electrons. The van der Waals surface area contributed by atoms with Crippen LogP contribution in [0.25, 0.3) is 20.7 Å². The normalized spacial score (nSPS) is 10.9. The number of aromatic amines is 1. The number of carboxylic acid groups (broad SMARTS) is 1. The Balaban J connectivity index is 2.19. The van der Waals surface area contributed by atoms with Gasteiger partial charge in [0.25, 0.3) is 0 Å². The summed E-state index contributed by atoms with van der Waals surface area (Å²) >= 11 is 1.45. The van der Waals surface area contributed by atoms with Crippen LogP contribution in [-0.2, 0) is 0 Å². The van der Waals surface area contributed by atoms with Crippen molar-refractivity contribution in [1.29, 1.82) is 0 Å². The van der Waals surface area contributed by atoms with E-state index < -0.39 is 5.97 Å². The molecule has 0 saturated carbocycles. The summed E-state index contributed by atoms with van der Waals surface area (Å²) in [5, 5.41) is 25.8. The molecule has 3 N–H and O–H groups in total. The number of thiophene rings is 1. The fourth-order valence-electron chi connectivity index (χ4n) is 1.79. The number of aromatic nitrogens is 2. The Hall–Kier alpha value is -2.34. The van der Waals surface area contributed by atoms with Gasteiger partial charge < -0.3 is 10.2 Å². The zero-order valence-corrected chi connectivity index (χ0v) is 9.86. The number of nitrogens with one attached hydrogen (secondary N) is 1. The number of nitrogens with zero attached hydrogens (tertiary/aromatic N) is 1.